The summed E-state index contributed by atoms with van der Waals surface area (Å²) in [6.07, 6.45) is 15.0. The first-order valence-corrected chi connectivity index (χ1v) is 10.6. The minimum atomic E-state index is -0.978. The molecular weight excluding hydrogens is 332 g/mol. The summed E-state index contributed by atoms with van der Waals surface area (Å²) in [5, 5.41) is 28.7. The maximum atomic E-state index is 9.80. The molecule has 0 aromatic carbocycles. The molecule has 154 valence electrons. The van der Waals surface area contributed by atoms with Gasteiger partial charge in [-0.05, 0) is 25.7 Å². The Labute approximate surface area is 159 Å². The van der Waals surface area contributed by atoms with E-state index in [1.54, 1.807) is 0 Å². The first-order chi connectivity index (χ1) is 12.7. The Balaban J connectivity index is 1.89. The van der Waals surface area contributed by atoms with Crippen molar-refractivity contribution in [1.82, 2.24) is 0 Å². The van der Waals surface area contributed by atoms with E-state index in [0.29, 0.717) is 6.61 Å². The minimum absolute atomic E-state index is 0.0979. The van der Waals surface area contributed by atoms with Crippen LogP contribution >= 0.6 is 0 Å². The minimum Gasteiger partial charge on any atom is -0.394 e. The number of aliphatic hydroxyl groups excluding tert-OH is 3. The molecule has 0 spiro atoms. The van der Waals surface area contributed by atoms with Crippen LogP contribution in [0.1, 0.15) is 77.6 Å². The average Bonchev–Trinajstić information content (AvgIpc) is 2.98. The van der Waals surface area contributed by atoms with Crippen LogP contribution in [-0.4, -0.2) is 59.6 Å². The predicted octanol–water partition coefficient (Wildman–Crippen LogP) is 3.35. The zero-order valence-electron chi connectivity index (χ0n) is 16.5. The second-order valence-electron chi connectivity index (χ2n) is 7.32. The van der Waals surface area contributed by atoms with Crippen LogP contribution in [0.2, 0.25) is 0 Å². The molecule has 0 saturated carbocycles. The van der Waals surface area contributed by atoms with Gasteiger partial charge in [-0.3, -0.25) is 0 Å². The van der Waals surface area contributed by atoms with Crippen molar-refractivity contribution in [2.45, 2.75) is 102 Å². The normalized spacial score (nSPS) is 24.5. The van der Waals surface area contributed by atoms with E-state index in [9.17, 15) is 15.3 Å². The van der Waals surface area contributed by atoms with Gasteiger partial charge in [-0.15, -0.1) is 0 Å². The molecule has 0 unspecified atom stereocenters. The molecule has 1 saturated heterocycles. The lowest BCUT2D eigenvalue weighted by Gasteiger charge is -2.24. The van der Waals surface area contributed by atoms with Crippen molar-refractivity contribution in [1.29, 1.82) is 0 Å². The summed E-state index contributed by atoms with van der Waals surface area (Å²) in [5.74, 6) is 0. The van der Waals surface area contributed by atoms with Gasteiger partial charge in [0.2, 0.25) is 0 Å². The summed E-state index contributed by atoms with van der Waals surface area (Å²) in [5.41, 5.74) is 0. The molecule has 1 aliphatic heterocycles. The highest BCUT2D eigenvalue weighted by molar-refractivity contribution is 4.88. The second-order valence-corrected chi connectivity index (χ2v) is 7.32. The van der Waals surface area contributed by atoms with Crippen LogP contribution in [0.15, 0.2) is 12.2 Å². The van der Waals surface area contributed by atoms with Crippen molar-refractivity contribution >= 4 is 0 Å². The van der Waals surface area contributed by atoms with Gasteiger partial charge in [0, 0.05) is 6.61 Å². The monoisotopic (exact) mass is 372 g/mol. The Morgan fingerprint density at radius 1 is 0.962 bits per heavy atom. The maximum Gasteiger partial charge on any atom is 0.114 e. The molecule has 0 amide bonds. The van der Waals surface area contributed by atoms with Crippen molar-refractivity contribution in [3.8, 4) is 0 Å². The quantitative estimate of drug-likeness (QED) is 0.286. The van der Waals surface area contributed by atoms with E-state index in [1.807, 2.05) is 0 Å². The molecule has 5 nitrogen and oxygen atoms in total. The molecule has 26 heavy (non-hydrogen) atoms. The van der Waals surface area contributed by atoms with Crippen LogP contribution in [-0.2, 0) is 9.47 Å². The third kappa shape index (κ3) is 10.0. The first-order valence-electron chi connectivity index (χ1n) is 10.6. The highest BCUT2D eigenvalue weighted by Crippen LogP contribution is 2.20. The van der Waals surface area contributed by atoms with Gasteiger partial charge in [0.1, 0.15) is 24.4 Å². The highest BCUT2D eigenvalue weighted by atomic mass is 16.6. The molecule has 1 aliphatic rings. The molecule has 1 fully saturated rings. The number of rotatable bonds is 16. The third-order valence-electron chi connectivity index (χ3n) is 4.96. The van der Waals surface area contributed by atoms with Crippen LogP contribution < -0.4 is 0 Å². The lowest BCUT2D eigenvalue weighted by Crippen LogP contribution is -2.42. The van der Waals surface area contributed by atoms with Crippen LogP contribution in [0.25, 0.3) is 0 Å². The summed E-state index contributed by atoms with van der Waals surface area (Å²) in [6, 6.07) is 0. The van der Waals surface area contributed by atoms with Gasteiger partial charge in [-0.2, -0.15) is 0 Å². The number of aliphatic hydroxyl groups is 3. The van der Waals surface area contributed by atoms with Gasteiger partial charge < -0.3 is 24.8 Å². The lowest BCUT2D eigenvalue weighted by atomic mass is 10.1. The number of ether oxygens (including phenoxy) is 2. The summed E-state index contributed by atoms with van der Waals surface area (Å²) in [4.78, 5) is 0. The molecular formula is C21H40O5. The van der Waals surface area contributed by atoms with Crippen LogP contribution in [0.5, 0.6) is 0 Å². The second kappa shape index (κ2) is 15.6. The van der Waals surface area contributed by atoms with Gasteiger partial charge in [-0.25, -0.2) is 0 Å². The summed E-state index contributed by atoms with van der Waals surface area (Å²) in [7, 11) is 0. The van der Waals surface area contributed by atoms with E-state index in [4.69, 9.17) is 9.47 Å². The highest BCUT2D eigenvalue weighted by Gasteiger charge is 2.40. The van der Waals surface area contributed by atoms with E-state index in [2.05, 4.69) is 19.1 Å². The van der Waals surface area contributed by atoms with E-state index in [1.165, 1.54) is 57.8 Å². The summed E-state index contributed by atoms with van der Waals surface area (Å²) >= 11 is 0. The van der Waals surface area contributed by atoms with Crippen molar-refractivity contribution < 1.29 is 24.8 Å². The van der Waals surface area contributed by atoms with Crippen molar-refractivity contribution in [2.24, 2.45) is 0 Å². The zero-order chi connectivity index (χ0) is 19.0. The smallest absolute Gasteiger partial charge is 0.114 e. The van der Waals surface area contributed by atoms with Crippen molar-refractivity contribution in [2.75, 3.05) is 19.8 Å². The Kier molecular flexibility index (Phi) is 14.1. The van der Waals surface area contributed by atoms with Gasteiger partial charge in [0.05, 0.1) is 13.2 Å². The van der Waals surface area contributed by atoms with Gasteiger partial charge >= 0.3 is 0 Å². The molecule has 1 heterocycles. The summed E-state index contributed by atoms with van der Waals surface area (Å²) < 4.78 is 11.0. The molecule has 0 aromatic heterocycles. The molecule has 0 aliphatic carbocycles. The SMILES string of the molecule is CCC/C=C/CCCCCCCCCCO[C@H](CO)[C@H]1OC[C@H](O)[C@H]1O. The number of allylic oxidation sites excluding steroid dienone is 2. The van der Waals surface area contributed by atoms with E-state index < -0.39 is 24.4 Å². The van der Waals surface area contributed by atoms with Crippen LogP contribution in [0.3, 0.4) is 0 Å². The van der Waals surface area contributed by atoms with Crippen LogP contribution in [0.4, 0.5) is 0 Å². The molecule has 4 atom stereocenters. The fourth-order valence-corrected chi connectivity index (χ4v) is 3.27. The van der Waals surface area contributed by atoms with Gasteiger partial charge in [-0.1, -0.05) is 64.0 Å². The topological polar surface area (TPSA) is 79.2 Å². The molecule has 0 bridgehead atoms. The first kappa shape index (κ1) is 23.6. The predicted molar refractivity (Wildman–Crippen MR) is 104 cm³/mol. The number of hydrogen-bond donors (Lipinski definition) is 3. The van der Waals surface area contributed by atoms with Gasteiger partial charge in [0.25, 0.3) is 0 Å². The maximum absolute atomic E-state index is 9.80. The Morgan fingerprint density at radius 2 is 1.58 bits per heavy atom. The van der Waals surface area contributed by atoms with E-state index >= 15 is 0 Å². The largest absolute Gasteiger partial charge is 0.394 e. The van der Waals surface area contributed by atoms with Crippen molar-refractivity contribution in [3.05, 3.63) is 12.2 Å². The van der Waals surface area contributed by atoms with E-state index in [0.717, 1.165) is 12.8 Å². The van der Waals surface area contributed by atoms with Crippen molar-refractivity contribution in [3.63, 3.8) is 0 Å². The number of unbranched alkanes of at least 4 members (excludes halogenated alkanes) is 9. The average molecular weight is 373 g/mol. The fourth-order valence-electron chi connectivity index (χ4n) is 3.27. The molecule has 5 heteroatoms. The molecule has 0 aromatic rings. The van der Waals surface area contributed by atoms with Crippen LogP contribution in [0, 0.1) is 0 Å². The molecule has 3 N–H and O–H groups in total. The Hall–Kier alpha value is -0.460. The number of hydrogen-bond acceptors (Lipinski definition) is 5. The fraction of sp³-hybridized carbons (Fsp3) is 0.905. The Morgan fingerprint density at radius 3 is 2.15 bits per heavy atom. The van der Waals surface area contributed by atoms with Gasteiger partial charge in [0.15, 0.2) is 0 Å². The zero-order valence-corrected chi connectivity index (χ0v) is 16.5. The Bertz CT molecular complexity index is 347. The molecule has 0 radical (unpaired) electrons. The molecule has 1 rings (SSSR count). The lowest BCUT2D eigenvalue weighted by molar-refractivity contribution is -0.101. The standard InChI is InChI=1S/C21H40O5/c1-2-3-4-5-6-7-8-9-10-11-12-13-14-15-25-19(16-22)21-20(24)18(23)17-26-21/h4-5,18-24H,2-3,6-17H2,1H3/b5-4+/t18-,19+,20+,21+/m0/s1. The summed E-state index contributed by atoms with van der Waals surface area (Å²) in [6.45, 7) is 2.65. The van der Waals surface area contributed by atoms with E-state index in [-0.39, 0.29) is 13.2 Å². The third-order valence-corrected chi connectivity index (χ3v) is 4.96.